The first-order valence-electron chi connectivity index (χ1n) is 7.30. The second-order valence-electron chi connectivity index (χ2n) is 5.12. The predicted octanol–water partition coefficient (Wildman–Crippen LogP) is 3.88. The van der Waals surface area contributed by atoms with Gasteiger partial charge >= 0.3 is 0 Å². The van der Waals surface area contributed by atoms with Gasteiger partial charge in [0, 0.05) is 37.0 Å². The van der Waals surface area contributed by atoms with E-state index >= 15 is 0 Å². The predicted molar refractivity (Wildman–Crippen MR) is 93.9 cm³/mol. The Bertz CT molecular complexity index is 752. The van der Waals surface area contributed by atoms with Gasteiger partial charge in [-0.05, 0) is 36.4 Å². The van der Waals surface area contributed by atoms with Gasteiger partial charge < -0.3 is 16.0 Å². The number of benzene rings is 2. The van der Waals surface area contributed by atoms with E-state index in [1.165, 1.54) is 19.1 Å². The third-order valence-electron chi connectivity index (χ3n) is 3.07. The van der Waals surface area contributed by atoms with Gasteiger partial charge in [-0.1, -0.05) is 17.7 Å². The summed E-state index contributed by atoms with van der Waals surface area (Å²) in [6, 6.07) is 11.2. The molecular weight excluding hydrogens is 333 g/mol. The molecule has 0 unspecified atom stereocenters. The lowest BCUT2D eigenvalue weighted by Gasteiger charge is -2.09. The van der Waals surface area contributed by atoms with Crippen molar-refractivity contribution in [1.29, 1.82) is 0 Å². The van der Waals surface area contributed by atoms with Crippen molar-refractivity contribution in [3.8, 4) is 0 Å². The van der Waals surface area contributed by atoms with Crippen LogP contribution in [0.4, 0.5) is 21.5 Å². The highest BCUT2D eigenvalue weighted by Gasteiger charge is 2.05. The van der Waals surface area contributed by atoms with Crippen molar-refractivity contribution in [3.63, 3.8) is 0 Å². The summed E-state index contributed by atoms with van der Waals surface area (Å²) in [5.74, 6) is -0.852. The van der Waals surface area contributed by atoms with Crippen LogP contribution in [0.15, 0.2) is 42.5 Å². The summed E-state index contributed by atoms with van der Waals surface area (Å²) in [6.45, 7) is 1.79. The van der Waals surface area contributed by atoms with Crippen LogP contribution in [0.1, 0.15) is 13.3 Å². The molecule has 0 bridgehead atoms. The molecule has 2 rings (SSSR count). The third kappa shape index (κ3) is 5.55. The summed E-state index contributed by atoms with van der Waals surface area (Å²) in [4.78, 5) is 23.0. The molecule has 0 spiro atoms. The smallest absolute Gasteiger partial charge is 0.226 e. The normalized spacial score (nSPS) is 10.1. The first kappa shape index (κ1) is 17.7. The zero-order valence-electron chi connectivity index (χ0n) is 13.0. The number of carbonyl (C=O) groups excluding carboxylic acids is 2. The first-order valence-corrected chi connectivity index (χ1v) is 7.68. The van der Waals surface area contributed by atoms with E-state index in [2.05, 4.69) is 16.0 Å². The Labute approximate surface area is 144 Å². The van der Waals surface area contributed by atoms with E-state index in [-0.39, 0.29) is 23.3 Å². The minimum Gasteiger partial charge on any atom is -0.384 e. The van der Waals surface area contributed by atoms with Crippen LogP contribution in [-0.2, 0) is 9.59 Å². The van der Waals surface area contributed by atoms with E-state index in [0.29, 0.717) is 23.6 Å². The molecule has 0 aliphatic carbocycles. The summed E-state index contributed by atoms with van der Waals surface area (Å²) in [6.07, 6.45) is 0.222. The van der Waals surface area contributed by atoms with Crippen molar-refractivity contribution in [3.05, 3.63) is 53.3 Å². The molecule has 0 saturated heterocycles. The number of amides is 2. The lowest BCUT2D eigenvalue weighted by Crippen LogP contribution is -2.16. The molecule has 2 aromatic rings. The Morgan fingerprint density at radius 3 is 2.42 bits per heavy atom. The summed E-state index contributed by atoms with van der Waals surface area (Å²) in [5.41, 5.74) is 1.84. The van der Waals surface area contributed by atoms with Gasteiger partial charge in [0.2, 0.25) is 11.8 Å². The molecule has 126 valence electrons. The highest BCUT2D eigenvalue weighted by Crippen LogP contribution is 2.19. The summed E-state index contributed by atoms with van der Waals surface area (Å²) in [7, 11) is 0. The third-order valence-corrected chi connectivity index (χ3v) is 3.36. The number of carbonyl (C=O) groups is 2. The van der Waals surface area contributed by atoms with Crippen LogP contribution >= 0.6 is 11.6 Å². The first-order chi connectivity index (χ1) is 11.4. The van der Waals surface area contributed by atoms with Crippen molar-refractivity contribution in [2.75, 3.05) is 22.5 Å². The van der Waals surface area contributed by atoms with Crippen LogP contribution in [0.3, 0.4) is 0 Å². The number of hydrogen-bond donors (Lipinski definition) is 3. The number of halogens is 2. The Morgan fingerprint density at radius 1 is 1.04 bits per heavy atom. The molecule has 0 atom stereocenters. The van der Waals surface area contributed by atoms with Gasteiger partial charge in [0.15, 0.2) is 0 Å². The van der Waals surface area contributed by atoms with Crippen molar-refractivity contribution >= 4 is 40.5 Å². The Kier molecular flexibility index (Phi) is 6.14. The van der Waals surface area contributed by atoms with Crippen LogP contribution in [0.5, 0.6) is 0 Å². The maximum Gasteiger partial charge on any atom is 0.226 e. The summed E-state index contributed by atoms with van der Waals surface area (Å²) in [5, 5.41) is 8.42. The molecule has 0 aliphatic rings. The fraction of sp³-hybridized carbons (Fsp3) is 0.176. The SMILES string of the molecule is CC(=O)Nc1cccc(NC(=O)CCNc2ccc(F)c(Cl)c2)c1. The van der Waals surface area contributed by atoms with E-state index in [1.807, 2.05) is 0 Å². The molecule has 5 nitrogen and oxygen atoms in total. The van der Waals surface area contributed by atoms with Crippen molar-refractivity contribution in [2.24, 2.45) is 0 Å². The lowest BCUT2D eigenvalue weighted by molar-refractivity contribution is -0.116. The molecule has 0 saturated carbocycles. The van der Waals surface area contributed by atoms with Gasteiger partial charge in [-0.2, -0.15) is 0 Å². The molecule has 2 aromatic carbocycles. The fourth-order valence-corrected chi connectivity index (χ4v) is 2.21. The Balaban J connectivity index is 1.82. The quantitative estimate of drug-likeness (QED) is 0.741. The van der Waals surface area contributed by atoms with Crippen LogP contribution in [0, 0.1) is 5.82 Å². The topological polar surface area (TPSA) is 70.2 Å². The van der Waals surface area contributed by atoms with Crippen LogP contribution in [-0.4, -0.2) is 18.4 Å². The molecular formula is C17H17ClFN3O2. The van der Waals surface area contributed by atoms with Crippen LogP contribution in [0.25, 0.3) is 0 Å². The standard InChI is InChI=1S/C17H17ClFN3O2/c1-11(23)21-13-3-2-4-14(9-13)22-17(24)7-8-20-12-5-6-16(19)15(18)10-12/h2-6,9-10,20H,7-8H2,1H3,(H,21,23)(H,22,24). The van der Waals surface area contributed by atoms with Gasteiger partial charge in [-0.15, -0.1) is 0 Å². The molecule has 7 heteroatoms. The average Bonchev–Trinajstić information content (AvgIpc) is 2.50. The van der Waals surface area contributed by atoms with E-state index in [0.717, 1.165) is 0 Å². The molecule has 3 N–H and O–H groups in total. The lowest BCUT2D eigenvalue weighted by atomic mass is 10.2. The maximum atomic E-state index is 13.1. The molecule has 0 aliphatic heterocycles. The number of hydrogen-bond acceptors (Lipinski definition) is 3. The van der Waals surface area contributed by atoms with Crippen LogP contribution < -0.4 is 16.0 Å². The van der Waals surface area contributed by atoms with E-state index in [1.54, 1.807) is 30.3 Å². The van der Waals surface area contributed by atoms with E-state index in [4.69, 9.17) is 11.6 Å². The molecule has 2 amide bonds. The number of nitrogens with one attached hydrogen (secondary N) is 3. The largest absolute Gasteiger partial charge is 0.384 e. The molecule has 0 heterocycles. The highest BCUT2D eigenvalue weighted by molar-refractivity contribution is 6.31. The van der Waals surface area contributed by atoms with Gasteiger partial charge in [0.25, 0.3) is 0 Å². The number of anilines is 3. The van der Waals surface area contributed by atoms with Gasteiger partial charge in [0.05, 0.1) is 5.02 Å². The van der Waals surface area contributed by atoms with Crippen molar-refractivity contribution in [2.45, 2.75) is 13.3 Å². The molecule has 24 heavy (non-hydrogen) atoms. The van der Waals surface area contributed by atoms with Crippen molar-refractivity contribution in [1.82, 2.24) is 0 Å². The van der Waals surface area contributed by atoms with Gasteiger partial charge in [-0.3, -0.25) is 9.59 Å². The fourth-order valence-electron chi connectivity index (χ4n) is 2.03. The Morgan fingerprint density at radius 2 is 1.75 bits per heavy atom. The maximum absolute atomic E-state index is 13.1. The monoisotopic (exact) mass is 349 g/mol. The zero-order chi connectivity index (χ0) is 17.5. The summed E-state index contributed by atoms with van der Waals surface area (Å²) >= 11 is 5.69. The zero-order valence-corrected chi connectivity index (χ0v) is 13.8. The second kappa shape index (κ2) is 8.31. The highest BCUT2D eigenvalue weighted by atomic mass is 35.5. The van der Waals surface area contributed by atoms with Crippen molar-refractivity contribution < 1.29 is 14.0 Å². The average molecular weight is 350 g/mol. The molecule has 0 aromatic heterocycles. The molecule has 0 radical (unpaired) electrons. The molecule has 0 fully saturated rings. The second-order valence-corrected chi connectivity index (χ2v) is 5.52. The summed E-state index contributed by atoms with van der Waals surface area (Å²) < 4.78 is 13.1. The number of rotatable bonds is 6. The van der Waals surface area contributed by atoms with Gasteiger partial charge in [0.1, 0.15) is 5.82 Å². The minimum atomic E-state index is -0.487. The van der Waals surface area contributed by atoms with Crippen LogP contribution in [0.2, 0.25) is 5.02 Å². The van der Waals surface area contributed by atoms with E-state index < -0.39 is 5.82 Å². The van der Waals surface area contributed by atoms with Gasteiger partial charge in [-0.25, -0.2) is 4.39 Å². The Hall–Kier alpha value is -2.60. The van der Waals surface area contributed by atoms with E-state index in [9.17, 15) is 14.0 Å². The minimum absolute atomic E-state index is 0.0271.